The fourth-order valence-corrected chi connectivity index (χ4v) is 6.48. The van der Waals surface area contributed by atoms with E-state index in [-0.39, 0.29) is 5.91 Å². The predicted octanol–water partition coefficient (Wildman–Crippen LogP) is 4.98. The van der Waals surface area contributed by atoms with Crippen LogP contribution in [0.4, 0.5) is 0 Å². The van der Waals surface area contributed by atoms with Crippen LogP contribution in [0.25, 0.3) is 6.08 Å². The van der Waals surface area contributed by atoms with Crippen LogP contribution in [0.3, 0.4) is 0 Å². The molecule has 4 saturated carbocycles. The standard InChI is InChI=1S/C24H28N2O2S/c1-15-25-21(14-29-15)13-28-22-4-2-3-16(12-22)5-6-23(27)26-24-19-8-17-7-18(10-19)11-20(24)9-17/h2-6,12,14,17-20,24H,7-11,13H2,1H3,(H,26,27)/b6-5+. The van der Waals surface area contributed by atoms with Crippen molar-refractivity contribution in [1.29, 1.82) is 0 Å². The van der Waals surface area contributed by atoms with Gasteiger partial charge in [-0.05, 0) is 86.5 Å². The van der Waals surface area contributed by atoms with Gasteiger partial charge < -0.3 is 10.1 Å². The fraction of sp³-hybridized carbons (Fsp3) is 0.500. The van der Waals surface area contributed by atoms with E-state index in [2.05, 4.69) is 10.3 Å². The first kappa shape index (κ1) is 18.9. The summed E-state index contributed by atoms with van der Waals surface area (Å²) in [6, 6.07) is 8.23. The third kappa shape index (κ3) is 4.25. The summed E-state index contributed by atoms with van der Waals surface area (Å²) in [5.41, 5.74) is 1.92. The maximum atomic E-state index is 12.6. The molecule has 4 aliphatic carbocycles. The Morgan fingerprint density at radius 2 is 1.97 bits per heavy atom. The first-order valence-corrected chi connectivity index (χ1v) is 11.6. The molecule has 1 aromatic heterocycles. The number of ether oxygens (including phenoxy) is 1. The number of nitrogens with one attached hydrogen (secondary N) is 1. The number of hydrogen-bond acceptors (Lipinski definition) is 4. The number of carbonyl (C=O) groups is 1. The van der Waals surface area contributed by atoms with Gasteiger partial charge in [0, 0.05) is 17.5 Å². The molecule has 4 aliphatic rings. The van der Waals surface area contributed by atoms with Crippen molar-refractivity contribution in [3.05, 3.63) is 52.0 Å². The van der Waals surface area contributed by atoms with Gasteiger partial charge in [-0.3, -0.25) is 4.79 Å². The fourth-order valence-electron chi connectivity index (χ4n) is 5.88. The number of nitrogens with zero attached hydrogens (tertiary/aromatic N) is 1. The molecule has 152 valence electrons. The highest BCUT2D eigenvalue weighted by Gasteiger charge is 2.48. The Bertz CT molecular complexity index is 891. The number of aryl methyl sites for hydroxylation is 1. The molecule has 0 unspecified atom stereocenters. The lowest BCUT2D eigenvalue weighted by atomic mass is 9.54. The Balaban J connectivity index is 1.17. The second-order valence-corrected chi connectivity index (χ2v) is 10.1. The van der Waals surface area contributed by atoms with E-state index in [1.54, 1.807) is 17.4 Å². The molecule has 0 aliphatic heterocycles. The predicted molar refractivity (Wildman–Crippen MR) is 116 cm³/mol. The second-order valence-electron chi connectivity index (χ2n) is 9.02. The Labute approximate surface area is 176 Å². The van der Waals surface area contributed by atoms with Gasteiger partial charge in [0.25, 0.3) is 0 Å². The highest BCUT2D eigenvalue weighted by Crippen LogP contribution is 2.53. The molecule has 0 spiro atoms. The van der Waals surface area contributed by atoms with Crippen LogP contribution in [-0.4, -0.2) is 16.9 Å². The number of amides is 1. The van der Waals surface area contributed by atoms with Crippen LogP contribution in [-0.2, 0) is 11.4 Å². The molecule has 2 aromatic rings. The topological polar surface area (TPSA) is 51.2 Å². The molecule has 1 N–H and O–H groups in total. The van der Waals surface area contributed by atoms with Gasteiger partial charge in [0.15, 0.2) is 0 Å². The summed E-state index contributed by atoms with van der Waals surface area (Å²) in [5.74, 6) is 4.09. The minimum absolute atomic E-state index is 0.0340. The number of benzene rings is 1. The molecule has 5 heteroatoms. The zero-order valence-electron chi connectivity index (χ0n) is 16.8. The number of rotatable bonds is 6. The maximum Gasteiger partial charge on any atom is 0.244 e. The minimum Gasteiger partial charge on any atom is -0.487 e. The average molecular weight is 409 g/mol. The third-order valence-electron chi connectivity index (χ3n) is 6.87. The van der Waals surface area contributed by atoms with Gasteiger partial charge in [0.2, 0.25) is 5.91 Å². The summed E-state index contributed by atoms with van der Waals surface area (Å²) < 4.78 is 5.85. The van der Waals surface area contributed by atoms with E-state index in [4.69, 9.17) is 4.74 Å². The lowest BCUT2D eigenvalue weighted by Crippen LogP contribution is -2.55. The third-order valence-corrected chi connectivity index (χ3v) is 7.70. The summed E-state index contributed by atoms with van der Waals surface area (Å²) in [6.45, 7) is 2.46. The van der Waals surface area contributed by atoms with Gasteiger partial charge in [-0.15, -0.1) is 11.3 Å². The van der Waals surface area contributed by atoms with Gasteiger partial charge in [0.1, 0.15) is 12.4 Å². The van der Waals surface area contributed by atoms with Crippen molar-refractivity contribution in [2.75, 3.05) is 0 Å². The first-order chi connectivity index (χ1) is 14.1. The lowest BCUT2D eigenvalue weighted by molar-refractivity contribution is -0.120. The Morgan fingerprint density at radius 3 is 2.66 bits per heavy atom. The van der Waals surface area contributed by atoms with Crippen LogP contribution < -0.4 is 10.1 Å². The van der Waals surface area contributed by atoms with Gasteiger partial charge in [0.05, 0.1) is 10.7 Å². The molecule has 4 nitrogen and oxygen atoms in total. The van der Waals surface area contributed by atoms with Crippen LogP contribution in [0.2, 0.25) is 0 Å². The second kappa shape index (κ2) is 7.94. The summed E-state index contributed by atoms with van der Waals surface area (Å²) in [4.78, 5) is 17.0. The van der Waals surface area contributed by atoms with E-state index in [1.165, 1.54) is 32.1 Å². The van der Waals surface area contributed by atoms with Gasteiger partial charge in [-0.25, -0.2) is 4.98 Å². The van der Waals surface area contributed by atoms with E-state index in [0.717, 1.165) is 33.9 Å². The number of thiazole rings is 1. The molecule has 0 saturated heterocycles. The van der Waals surface area contributed by atoms with Crippen molar-refractivity contribution in [3.8, 4) is 5.75 Å². The molecule has 1 amide bonds. The van der Waals surface area contributed by atoms with Crippen molar-refractivity contribution in [2.24, 2.45) is 23.7 Å². The Morgan fingerprint density at radius 1 is 1.21 bits per heavy atom. The zero-order chi connectivity index (χ0) is 19.8. The van der Waals surface area contributed by atoms with Crippen molar-refractivity contribution in [2.45, 2.75) is 51.7 Å². The monoisotopic (exact) mass is 408 g/mol. The molecule has 1 heterocycles. The Hall–Kier alpha value is -2.14. The normalized spacial score (nSPS) is 30.0. The smallest absolute Gasteiger partial charge is 0.244 e. The molecular formula is C24H28N2O2S. The molecule has 4 bridgehead atoms. The molecule has 0 atom stereocenters. The highest BCUT2D eigenvalue weighted by atomic mass is 32.1. The molecular weight excluding hydrogens is 380 g/mol. The van der Waals surface area contributed by atoms with Crippen molar-refractivity contribution in [1.82, 2.24) is 10.3 Å². The summed E-state index contributed by atoms with van der Waals surface area (Å²) in [5, 5.41) is 6.40. The Kier molecular flexibility index (Phi) is 5.17. The van der Waals surface area contributed by atoms with E-state index in [0.29, 0.717) is 24.5 Å². The maximum absolute atomic E-state index is 12.6. The van der Waals surface area contributed by atoms with E-state index in [1.807, 2.05) is 42.6 Å². The largest absolute Gasteiger partial charge is 0.487 e. The van der Waals surface area contributed by atoms with Crippen molar-refractivity contribution >= 4 is 23.3 Å². The van der Waals surface area contributed by atoms with Crippen LogP contribution in [0.15, 0.2) is 35.7 Å². The number of carbonyl (C=O) groups excluding carboxylic acids is 1. The summed E-state index contributed by atoms with van der Waals surface area (Å²) >= 11 is 1.63. The van der Waals surface area contributed by atoms with Gasteiger partial charge in [-0.1, -0.05) is 12.1 Å². The van der Waals surface area contributed by atoms with Crippen molar-refractivity contribution in [3.63, 3.8) is 0 Å². The van der Waals surface area contributed by atoms with Gasteiger partial charge in [-0.2, -0.15) is 0 Å². The van der Waals surface area contributed by atoms with E-state index in [9.17, 15) is 4.79 Å². The minimum atomic E-state index is 0.0340. The number of hydrogen-bond donors (Lipinski definition) is 1. The quantitative estimate of drug-likeness (QED) is 0.686. The summed E-state index contributed by atoms with van der Waals surface area (Å²) in [6.07, 6.45) is 10.3. The number of aromatic nitrogens is 1. The van der Waals surface area contributed by atoms with E-state index < -0.39 is 0 Å². The van der Waals surface area contributed by atoms with Crippen LogP contribution in [0.5, 0.6) is 5.75 Å². The molecule has 29 heavy (non-hydrogen) atoms. The van der Waals surface area contributed by atoms with E-state index >= 15 is 0 Å². The van der Waals surface area contributed by atoms with Crippen LogP contribution >= 0.6 is 11.3 Å². The SMILES string of the molecule is Cc1nc(COc2cccc(/C=C/C(=O)NC3C4CC5CC(C4)CC3C5)c2)cs1. The summed E-state index contributed by atoms with van der Waals surface area (Å²) in [7, 11) is 0. The zero-order valence-corrected chi connectivity index (χ0v) is 17.7. The molecule has 0 radical (unpaired) electrons. The van der Waals surface area contributed by atoms with Gasteiger partial charge >= 0.3 is 0 Å². The van der Waals surface area contributed by atoms with Crippen LogP contribution in [0.1, 0.15) is 48.4 Å². The average Bonchev–Trinajstić information content (AvgIpc) is 3.13. The van der Waals surface area contributed by atoms with Crippen molar-refractivity contribution < 1.29 is 9.53 Å². The highest BCUT2D eigenvalue weighted by molar-refractivity contribution is 7.09. The first-order valence-electron chi connectivity index (χ1n) is 10.7. The molecule has 4 fully saturated rings. The lowest BCUT2D eigenvalue weighted by Gasteiger charge is -2.54. The van der Waals surface area contributed by atoms with Crippen LogP contribution in [0, 0.1) is 30.6 Å². The molecule has 6 rings (SSSR count). The molecule has 1 aromatic carbocycles.